The Kier molecular flexibility index (Phi) is 5.98. The maximum atomic E-state index is 13.0. The lowest BCUT2D eigenvalue weighted by atomic mass is 9.92. The van der Waals surface area contributed by atoms with Gasteiger partial charge in [0.15, 0.2) is 5.13 Å². The molecule has 0 aliphatic carbocycles. The zero-order valence-corrected chi connectivity index (χ0v) is 20.4. The number of rotatable bonds is 4. The Hall–Kier alpha value is -3.79. The van der Waals surface area contributed by atoms with Crippen molar-refractivity contribution in [2.45, 2.75) is 26.2 Å². The molecule has 35 heavy (non-hydrogen) atoms. The molecule has 2 aromatic heterocycles. The maximum absolute atomic E-state index is 13.0. The van der Waals surface area contributed by atoms with Crippen molar-refractivity contribution in [3.05, 3.63) is 53.3 Å². The van der Waals surface area contributed by atoms with Gasteiger partial charge in [-0.05, 0) is 50.1 Å². The molecule has 0 radical (unpaired) electrons. The molecule has 1 N–H and O–H groups in total. The third-order valence-corrected chi connectivity index (χ3v) is 7.45. The van der Waals surface area contributed by atoms with E-state index in [1.807, 2.05) is 32.0 Å². The van der Waals surface area contributed by atoms with E-state index in [1.165, 1.54) is 11.3 Å². The fourth-order valence-corrected chi connectivity index (χ4v) is 5.30. The van der Waals surface area contributed by atoms with Gasteiger partial charge in [0.05, 0.1) is 46.9 Å². The van der Waals surface area contributed by atoms with Crippen LogP contribution in [0.15, 0.2) is 36.4 Å². The van der Waals surface area contributed by atoms with Gasteiger partial charge in [0, 0.05) is 36.0 Å². The molecule has 1 unspecified atom stereocenters. The molecule has 3 aromatic rings. The summed E-state index contributed by atoms with van der Waals surface area (Å²) in [7, 11) is 0. The summed E-state index contributed by atoms with van der Waals surface area (Å²) >= 11 is 1.39. The SMILES string of the molecule is Cc1cc(-c2sc(NC(=O)N3CCC(C)(C#N)C3)nc2-c2cccc(C#N)c2)cc(C2COC2)n1. The van der Waals surface area contributed by atoms with E-state index in [1.54, 1.807) is 17.0 Å². The van der Waals surface area contributed by atoms with Crippen LogP contribution in [-0.4, -0.2) is 47.2 Å². The Balaban J connectivity index is 1.52. The number of nitrogens with zero attached hydrogens (tertiary/aromatic N) is 5. The van der Waals surface area contributed by atoms with Crippen LogP contribution in [0.1, 0.15) is 36.2 Å². The molecule has 2 fully saturated rings. The predicted octanol–water partition coefficient (Wildman–Crippen LogP) is 4.93. The van der Waals surface area contributed by atoms with Crippen molar-refractivity contribution in [1.82, 2.24) is 14.9 Å². The van der Waals surface area contributed by atoms with Crippen molar-refractivity contribution in [3.8, 4) is 33.8 Å². The molecule has 5 rings (SSSR count). The number of aromatic nitrogens is 2. The number of urea groups is 1. The number of ether oxygens (including phenoxy) is 1. The van der Waals surface area contributed by atoms with Crippen LogP contribution in [0.25, 0.3) is 21.7 Å². The van der Waals surface area contributed by atoms with E-state index in [-0.39, 0.29) is 11.9 Å². The zero-order valence-electron chi connectivity index (χ0n) is 19.5. The number of pyridine rings is 1. The highest BCUT2D eigenvalue weighted by molar-refractivity contribution is 7.19. The lowest BCUT2D eigenvalue weighted by Crippen LogP contribution is -2.34. The number of hydrogen-bond acceptors (Lipinski definition) is 7. The molecule has 2 aliphatic heterocycles. The number of likely N-dealkylation sites (tertiary alicyclic amines) is 1. The summed E-state index contributed by atoms with van der Waals surface area (Å²) < 4.78 is 5.36. The first-order valence-corrected chi connectivity index (χ1v) is 12.2. The highest BCUT2D eigenvalue weighted by atomic mass is 32.1. The molecule has 0 bridgehead atoms. The largest absolute Gasteiger partial charge is 0.380 e. The van der Waals surface area contributed by atoms with E-state index in [0.717, 1.165) is 27.4 Å². The number of nitrogens with one attached hydrogen (secondary N) is 1. The summed E-state index contributed by atoms with van der Waals surface area (Å²) in [6.45, 7) is 6.08. The molecule has 9 heteroatoms. The number of aryl methyl sites for hydroxylation is 1. The van der Waals surface area contributed by atoms with Crippen LogP contribution in [-0.2, 0) is 4.74 Å². The third-order valence-electron chi connectivity index (χ3n) is 6.43. The van der Waals surface area contributed by atoms with Crippen LogP contribution in [0, 0.1) is 35.0 Å². The molecule has 4 heterocycles. The first-order valence-electron chi connectivity index (χ1n) is 11.4. The van der Waals surface area contributed by atoms with Crippen LogP contribution in [0.4, 0.5) is 9.93 Å². The van der Waals surface area contributed by atoms with Gasteiger partial charge >= 0.3 is 6.03 Å². The molecule has 2 aliphatic rings. The van der Waals surface area contributed by atoms with Gasteiger partial charge in [-0.2, -0.15) is 10.5 Å². The predicted molar refractivity (Wildman–Crippen MR) is 133 cm³/mol. The lowest BCUT2D eigenvalue weighted by molar-refractivity contribution is 0.00669. The smallest absolute Gasteiger partial charge is 0.323 e. The number of amides is 2. The number of benzene rings is 1. The molecule has 0 spiro atoms. The standard InChI is InChI=1S/C26H24N6O2S/c1-16-8-19(10-21(29-16)20-12-34-13-20)23-22(18-5-3-4-17(9-18)11-27)30-24(35-23)31-25(33)32-7-6-26(2,14-28)15-32/h3-5,8-10,20H,6-7,12-13,15H2,1-2H3,(H,30,31,33). The van der Waals surface area contributed by atoms with Gasteiger partial charge in [-0.15, -0.1) is 0 Å². The molecule has 8 nitrogen and oxygen atoms in total. The highest BCUT2D eigenvalue weighted by Crippen LogP contribution is 2.41. The lowest BCUT2D eigenvalue weighted by Gasteiger charge is -2.26. The average molecular weight is 485 g/mol. The van der Waals surface area contributed by atoms with Gasteiger partial charge in [-0.3, -0.25) is 10.3 Å². The summed E-state index contributed by atoms with van der Waals surface area (Å²) in [6, 6.07) is 15.6. The number of thiazole rings is 1. The maximum Gasteiger partial charge on any atom is 0.323 e. The second-order valence-electron chi connectivity index (χ2n) is 9.32. The fraction of sp³-hybridized carbons (Fsp3) is 0.346. The van der Waals surface area contributed by atoms with E-state index in [0.29, 0.717) is 49.1 Å². The first kappa shape index (κ1) is 23.0. The number of carbonyl (C=O) groups excluding carboxylic acids is 1. The van der Waals surface area contributed by atoms with E-state index < -0.39 is 5.41 Å². The molecule has 176 valence electrons. The Bertz CT molecular complexity index is 1380. The summed E-state index contributed by atoms with van der Waals surface area (Å²) in [5, 5.41) is 22.2. The Morgan fingerprint density at radius 2 is 2.06 bits per heavy atom. The first-order chi connectivity index (χ1) is 16.9. The molecular formula is C26H24N6O2S. The van der Waals surface area contributed by atoms with Crippen molar-refractivity contribution in [3.63, 3.8) is 0 Å². The van der Waals surface area contributed by atoms with E-state index in [4.69, 9.17) is 14.7 Å². The summed E-state index contributed by atoms with van der Waals surface area (Å²) in [6.07, 6.45) is 0.649. The van der Waals surface area contributed by atoms with Crippen LogP contribution in [0.5, 0.6) is 0 Å². The van der Waals surface area contributed by atoms with Crippen LogP contribution >= 0.6 is 11.3 Å². The normalized spacial score (nSPS) is 19.6. The highest BCUT2D eigenvalue weighted by Gasteiger charge is 2.36. The van der Waals surface area contributed by atoms with Gasteiger partial charge < -0.3 is 9.64 Å². The number of carbonyl (C=O) groups is 1. The Morgan fingerprint density at radius 1 is 1.23 bits per heavy atom. The van der Waals surface area contributed by atoms with E-state index >= 15 is 0 Å². The van der Waals surface area contributed by atoms with Gasteiger partial charge in [0.1, 0.15) is 0 Å². The average Bonchev–Trinajstić information content (AvgIpc) is 3.42. The van der Waals surface area contributed by atoms with E-state index in [9.17, 15) is 15.3 Å². The fourth-order valence-electron chi connectivity index (χ4n) is 4.34. The number of hydrogen-bond donors (Lipinski definition) is 1. The zero-order chi connectivity index (χ0) is 24.6. The van der Waals surface area contributed by atoms with Crippen LogP contribution in [0.2, 0.25) is 0 Å². The summed E-state index contributed by atoms with van der Waals surface area (Å²) in [4.78, 5) is 25.0. The minimum Gasteiger partial charge on any atom is -0.380 e. The molecule has 0 saturated carbocycles. The number of anilines is 1. The van der Waals surface area contributed by atoms with Crippen molar-refractivity contribution in [2.75, 3.05) is 31.6 Å². The molecule has 2 amide bonds. The molecule has 1 aromatic carbocycles. The summed E-state index contributed by atoms with van der Waals surface area (Å²) in [5.41, 5.74) is 4.36. The second-order valence-corrected chi connectivity index (χ2v) is 10.3. The molecule has 2 saturated heterocycles. The quantitative estimate of drug-likeness (QED) is 0.561. The second kappa shape index (κ2) is 9.10. The topological polar surface area (TPSA) is 115 Å². The van der Waals surface area contributed by atoms with Crippen molar-refractivity contribution in [1.29, 1.82) is 10.5 Å². The van der Waals surface area contributed by atoms with Crippen molar-refractivity contribution in [2.24, 2.45) is 5.41 Å². The molecule has 1 atom stereocenters. The minimum atomic E-state index is -0.523. The Morgan fingerprint density at radius 3 is 2.74 bits per heavy atom. The van der Waals surface area contributed by atoms with Gasteiger partial charge in [0.2, 0.25) is 0 Å². The molecular weight excluding hydrogens is 460 g/mol. The minimum absolute atomic E-state index is 0.264. The van der Waals surface area contributed by atoms with Crippen molar-refractivity contribution < 1.29 is 9.53 Å². The van der Waals surface area contributed by atoms with Gasteiger partial charge in [-0.25, -0.2) is 9.78 Å². The van der Waals surface area contributed by atoms with Crippen LogP contribution < -0.4 is 5.32 Å². The van der Waals surface area contributed by atoms with Crippen molar-refractivity contribution >= 4 is 22.5 Å². The number of nitriles is 2. The van der Waals surface area contributed by atoms with Gasteiger partial charge in [0.25, 0.3) is 0 Å². The van der Waals surface area contributed by atoms with Crippen LogP contribution in [0.3, 0.4) is 0 Å². The monoisotopic (exact) mass is 484 g/mol. The summed E-state index contributed by atoms with van der Waals surface area (Å²) in [5.74, 6) is 0.274. The third kappa shape index (κ3) is 4.61. The Labute approximate surface area is 207 Å². The van der Waals surface area contributed by atoms with E-state index in [2.05, 4.69) is 23.5 Å². The van der Waals surface area contributed by atoms with Gasteiger partial charge in [-0.1, -0.05) is 23.5 Å².